The predicted octanol–water partition coefficient (Wildman–Crippen LogP) is 6.66. The normalized spacial score (nSPS) is 14.6. The molecule has 1 aromatic heterocycles. The van der Waals surface area contributed by atoms with E-state index in [1.54, 1.807) is 37.4 Å². The van der Waals surface area contributed by atoms with E-state index in [1.807, 2.05) is 36.4 Å². The van der Waals surface area contributed by atoms with Crippen molar-refractivity contribution in [3.05, 3.63) is 131 Å². The van der Waals surface area contributed by atoms with Gasteiger partial charge in [0.2, 0.25) is 11.8 Å². The fourth-order valence-corrected chi connectivity index (χ4v) is 7.10. The zero-order chi connectivity index (χ0) is 34.1. The summed E-state index contributed by atoms with van der Waals surface area (Å²) in [5.74, 6) is -1.18. The standard InChI is InChI=1S/C39H27N3O6S/c1-47-30-14-8-23(9-15-30)33-17-11-27(21-40)37(41-33)49-35-20-36(44)42(38(35)45)29-12-6-24(7-13-29)39(46)48-22-34(43)26-10-16-32-28(19-26)18-25-4-2-3-5-31(25)32/h2-17,19,35H,18,20,22H2,1H3. The van der Waals surface area contributed by atoms with Crippen LogP contribution in [0.5, 0.6) is 5.75 Å². The molecule has 1 atom stereocenters. The van der Waals surface area contributed by atoms with Gasteiger partial charge in [0, 0.05) is 17.5 Å². The quantitative estimate of drug-likeness (QED) is 0.0946. The Kier molecular flexibility index (Phi) is 8.51. The van der Waals surface area contributed by atoms with Crippen LogP contribution in [0.2, 0.25) is 0 Å². The fourth-order valence-electron chi connectivity index (χ4n) is 6.00. The Bertz CT molecular complexity index is 2190. The van der Waals surface area contributed by atoms with E-state index >= 15 is 0 Å². The lowest BCUT2D eigenvalue weighted by atomic mass is 10.0. The van der Waals surface area contributed by atoms with Crippen LogP contribution in [-0.4, -0.2) is 47.5 Å². The van der Waals surface area contributed by atoms with E-state index in [1.165, 1.54) is 35.4 Å². The first kappa shape index (κ1) is 31.5. The smallest absolute Gasteiger partial charge is 0.338 e. The first-order chi connectivity index (χ1) is 23.8. The third-order valence-corrected chi connectivity index (χ3v) is 9.72. The van der Waals surface area contributed by atoms with Crippen LogP contribution in [0.25, 0.3) is 22.4 Å². The topological polar surface area (TPSA) is 127 Å². The van der Waals surface area contributed by atoms with Gasteiger partial charge >= 0.3 is 5.97 Å². The molecular weight excluding hydrogens is 639 g/mol. The van der Waals surface area contributed by atoms with Gasteiger partial charge in [-0.3, -0.25) is 14.4 Å². The Morgan fingerprint density at radius 2 is 1.63 bits per heavy atom. The van der Waals surface area contributed by atoms with Crippen molar-refractivity contribution in [2.75, 3.05) is 18.6 Å². The van der Waals surface area contributed by atoms with Crippen molar-refractivity contribution in [1.29, 1.82) is 5.26 Å². The number of ether oxygens (including phenoxy) is 2. The molecule has 49 heavy (non-hydrogen) atoms. The number of rotatable bonds is 9. The molecule has 0 spiro atoms. The molecule has 1 saturated heterocycles. The van der Waals surface area contributed by atoms with Gasteiger partial charge in [-0.05, 0) is 95.4 Å². The van der Waals surface area contributed by atoms with E-state index in [-0.39, 0.29) is 17.8 Å². The fraction of sp³-hybridized carbons (Fsp3) is 0.128. The Labute approximate surface area is 286 Å². The summed E-state index contributed by atoms with van der Waals surface area (Å²) in [7, 11) is 1.58. The lowest BCUT2D eigenvalue weighted by Crippen LogP contribution is -2.31. The summed E-state index contributed by atoms with van der Waals surface area (Å²) in [5, 5.41) is 9.25. The van der Waals surface area contributed by atoms with Crippen molar-refractivity contribution in [3.8, 4) is 34.2 Å². The number of esters is 1. The Morgan fingerprint density at radius 1 is 0.898 bits per heavy atom. The van der Waals surface area contributed by atoms with Crippen LogP contribution in [0, 0.1) is 11.3 Å². The van der Waals surface area contributed by atoms with Gasteiger partial charge in [-0.15, -0.1) is 0 Å². The molecule has 0 bridgehead atoms. The number of amides is 2. The first-order valence-electron chi connectivity index (χ1n) is 15.4. The number of fused-ring (bicyclic) bond motifs is 3. The molecule has 0 N–H and O–H groups in total. The Balaban J connectivity index is 0.988. The molecule has 9 nitrogen and oxygen atoms in total. The number of methoxy groups -OCH3 is 1. The summed E-state index contributed by atoms with van der Waals surface area (Å²) in [4.78, 5) is 57.8. The third-order valence-electron chi connectivity index (χ3n) is 8.54. The molecule has 2 amide bonds. The van der Waals surface area contributed by atoms with Crippen molar-refractivity contribution in [1.82, 2.24) is 4.98 Å². The number of aromatic nitrogens is 1. The summed E-state index contributed by atoms with van der Waals surface area (Å²) in [6.45, 7) is -0.424. The highest BCUT2D eigenvalue weighted by molar-refractivity contribution is 8.00. The lowest BCUT2D eigenvalue weighted by molar-refractivity contribution is -0.121. The molecule has 0 radical (unpaired) electrons. The molecule has 7 rings (SSSR count). The molecule has 1 aliphatic carbocycles. The van der Waals surface area contributed by atoms with Gasteiger partial charge in [0.05, 0.1) is 34.9 Å². The van der Waals surface area contributed by atoms with Crippen LogP contribution in [0.1, 0.15) is 43.8 Å². The van der Waals surface area contributed by atoms with Crippen molar-refractivity contribution < 1.29 is 28.7 Å². The average Bonchev–Trinajstić information content (AvgIpc) is 3.65. The second kappa shape index (κ2) is 13.2. The van der Waals surface area contributed by atoms with Crippen molar-refractivity contribution in [2.45, 2.75) is 23.1 Å². The third kappa shape index (κ3) is 6.20. The number of hydrogen-bond acceptors (Lipinski definition) is 9. The number of nitriles is 1. The minimum absolute atomic E-state index is 0.0799. The molecule has 4 aromatic carbocycles. The predicted molar refractivity (Wildman–Crippen MR) is 183 cm³/mol. The van der Waals surface area contributed by atoms with Crippen LogP contribution in [-0.2, 0) is 20.7 Å². The molecule has 0 saturated carbocycles. The number of ketones is 1. The summed E-state index contributed by atoms with van der Waals surface area (Å²) < 4.78 is 10.5. The molecular formula is C39H27N3O6S. The van der Waals surface area contributed by atoms with Crippen LogP contribution in [0.3, 0.4) is 0 Å². The summed E-state index contributed by atoms with van der Waals surface area (Å²) in [5.41, 5.74) is 7.19. The van der Waals surface area contributed by atoms with Gasteiger partial charge in [-0.2, -0.15) is 5.26 Å². The number of anilines is 1. The Hall–Kier alpha value is -6.05. The van der Waals surface area contributed by atoms with Crippen molar-refractivity contribution in [3.63, 3.8) is 0 Å². The number of thioether (sulfide) groups is 1. The summed E-state index contributed by atoms with van der Waals surface area (Å²) in [6, 6.07) is 32.3. The molecule has 1 aliphatic heterocycles. The Morgan fingerprint density at radius 3 is 2.39 bits per heavy atom. The molecule has 5 aromatic rings. The van der Waals surface area contributed by atoms with Crippen molar-refractivity contribution >= 4 is 41.0 Å². The highest BCUT2D eigenvalue weighted by Gasteiger charge is 2.41. The highest BCUT2D eigenvalue weighted by Crippen LogP contribution is 2.38. The lowest BCUT2D eigenvalue weighted by Gasteiger charge is -2.15. The van der Waals surface area contributed by atoms with Crippen LogP contribution >= 0.6 is 11.8 Å². The van der Waals surface area contributed by atoms with Gasteiger partial charge in [0.25, 0.3) is 0 Å². The average molecular weight is 666 g/mol. The first-order valence-corrected chi connectivity index (χ1v) is 16.3. The second-order valence-electron chi connectivity index (χ2n) is 11.5. The van der Waals surface area contributed by atoms with Crippen LogP contribution in [0.15, 0.2) is 108 Å². The molecule has 2 aliphatic rings. The molecule has 10 heteroatoms. The number of pyridine rings is 1. The van der Waals surface area contributed by atoms with Crippen LogP contribution < -0.4 is 9.64 Å². The summed E-state index contributed by atoms with van der Waals surface area (Å²) >= 11 is 1.07. The number of nitrogens with zero attached hydrogens (tertiary/aromatic N) is 3. The number of hydrogen-bond donors (Lipinski definition) is 0. The SMILES string of the molecule is COc1ccc(-c2ccc(C#N)c(SC3CC(=O)N(c4ccc(C(=O)OCC(=O)c5ccc6c(c5)Cc5ccccc5-6)cc4)C3=O)n2)cc1. The minimum atomic E-state index is -0.790. The monoisotopic (exact) mass is 665 g/mol. The van der Waals surface area contributed by atoms with Crippen molar-refractivity contribution in [2.24, 2.45) is 0 Å². The zero-order valence-electron chi connectivity index (χ0n) is 26.2. The second-order valence-corrected chi connectivity index (χ2v) is 12.7. The van der Waals surface area contributed by atoms with Gasteiger partial charge in [-0.25, -0.2) is 14.7 Å². The van der Waals surface area contributed by atoms with Gasteiger partial charge in [0.15, 0.2) is 12.4 Å². The van der Waals surface area contributed by atoms with E-state index in [4.69, 9.17) is 9.47 Å². The maximum Gasteiger partial charge on any atom is 0.338 e. The summed E-state index contributed by atoms with van der Waals surface area (Å²) in [6.07, 6.45) is 0.666. The van der Waals surface area contributed by atoms with E-state index < -0.39 is 29.6 Å². The molecule has 1 unspecified atom stereocenters. The number of imide groups is 1. The molecule has 2 heterocycles. The highest BCUT2D eigenvalue weighted by atomic mass is 32.2. The number of Topliss-reactive ketones (excluding diaryl/α,β-unsaturated/α-hetero) is 1. The number of benzene rings is 4. The number of carbonyl (C=O) groups is 4. The van der Waals surface area contributed by atoms with Gasteiger partial charge < -0.3 is 9.47 Å². The largest absolute Gasteiger partial charge is 0.497 e. The van der Waals surface area contributed by atoms with E-state index in [9.17, 15) is 24.4 Å². The maximum absolute atomic E-state index is 13.4. The van der Waals surface area contributed by atoms with E-state index in [0.29, 0.717) is 33.3 Å². The zero-order valence-corrected chi connectivity index (χ0v) is 27.0. The van der Waals surface area contributed by atoms with E-state index in [2.05, 4.69) is 23.2 Å². The van der Waals surface area contributed by atoms with Crippen LogP contribution in [0.4, 0.5) is 5.69 Å². The maximum atomic E-state index is 13.4. The molecule has 240 valence electrons. The van der Waals surface area contributed by atoms with Gasteiger partial charge in [0.1, 0.15) is 16.8 Å². The van der Waals surface area contributed by atoms with Gasteiger partial charge in [-0.1, -0.05) is 48.2 Å². The minimum Gasteiger partial charge on any atom is -0.497 e. The van der Waals surface area contributed by atoms with E-state index in [0.717, 1.165) is 39.8 Å². The number of carbonyl (C=O) groups excluding carboxylic acids is 4. The molecule has 1 fully saturated rings.